The van der Waals surface area contributed by atoms with Crippen LogP contribution in [0.4, 0.5) is 5.69 Å². The second kappa shape index (κ2) is 8.27. The van der Waals surface area contributed by atoms with Gasteiger partial charge in [-0.3, -0.25) is 4.79 Å². The van der Waals surface area contributed by atoms with Gasteiger partial charge in [0.25, 0.3) is 5.91 Å². The van der Waals surface area contributed by atoms with Crippen LogP contribution in [-0.2, 0) is 9.53 Å². The maximum atomic E-state index is 12.2. The van der Waals surface area contributed by atoms with Crippen molar-refractivity contribution in [1.82, 2.24) is 0 Å². The van der Waals surface area contributed by atoms with Crippen molar-refractivity contribution in [3.8, 4) is 5.75 Å². The van der Waals surface area contributed by atoms with Gasteiger partial charge in [0, 0.05) is 18.1 Å². The fraction of sp³-hybridized carbons (Fsp3) is 0.533. The molecule has 0 bridgehead atoms. The van der Waals surface area contributed by atoms with Crippen LogP contribution >= 0.6 is 15.9 Å². The molecule has 0 aliphatic rings. The average molecular weight is 344 g/mol. The lowest BCUT2D eigenvalue weighted by molar-refractivity contribution is -0.136. The number of nitrogens with one attached hydrogen (secondary N) is 1. The zero-order valence-electron chi connectivity index (χ0n) is 12.2. The Kier molecular flexibility index (Phi) is 7.02. The van der Waals surface area contributed by atoms with Crippen molar-refractivity contribution in [3.05, 3.63) is 24.3 Å². The van der Waals surface area contributed by atoms with Crippen LogP contribution in [0.3, 0.4) is 0 Å². The first-order chi connectivity index (χ1) is 9.55. The van der Waals surface area contributed by atoms with Crippen LogP contribution in [0.5, 0.6) is 5.75 Å². The molecule has 20 heavy (non-hydrogen) atoms. The first kappa shape index (κ1) is 17.0. The number of methoxy groups -OCH3 is 1. The van der Waals surface area contributed by atoms with Gasteiger partial charge in [0.05, 0.1) is 6.61 Å². The Morgan fingerprint density at radius 2 is 2.00 bits per heavy atom. The highest BCUT2D eigenvalue weighted by Gasteiger charge is 2.31. The molecule has 0 aliphatic carbocycles. The van der Waals surface area contributed by atoms with E-state index in [-0.39, 0.29) is 5.91 Å². The van der Waals surface area contributed by atoms with Crippen molar-refractivity contribution in [1.29, 1.82) is 0 Å². The normalized spacial score (nSPS) is 13.6. The lowest BCUT2D eigenvalue weighted by Crippen LogP contribution is -2.41. The molecule has 0 fully saturated rings. The molecule has 0 aromatic heterocycles. The van der Waals surface area contributed by atoms with Crippen molar-refractivity contribution in [2.45, 2.75) is 32.3 Å². The van der Waals surface area contributed by atoms with E-state index >= 15 is 0 Å². The summed E-state index contributed by atoms with van der Waals surface area (Å²) in [7, 11) is 1.56. The lowest BCUT2D eigenvalue weighted by Gasteiger charge is -2.26. The molecular weight excluding hydrogens is 322 g/mol. The highest BCUT2D eigenvalue weighted by atomic mass is 79.9. The van der Waals surface area contributed by atoms with Crippen LogP contribution < -0.4 is 10.1 Å². The number of alkyl halides is 1. The van der Waals surface area contributed by atoms with E-state index in [0.717, 1.165) is 23.2 Å². The van der Waals surface area contributed by atoms with Gasteiger partial charge in [0.1, 0.15) is 11.4 Å². The average Bonchev–Trinajstić information content (AvgIpc) is 2.46. The minimum Gasteiger partial charge on any atom is -0.493 e. The van der Waals surface area contributed by atoms with Crippen LogP contribution in [0.1, 0.15) is 26.7 Å². The molecule has 0 saturated carbocycles. The summed E-state index contributed by atoms with van der Waals surface area (Å²) >= 11 is 3.30. The molecular formula is C15H22BrNO3. The molecule has 1 N–H and O–H groups in total. The smallest absolute Gasteiger partial charge is 0.256 e. The third-order valence-corrected chi connectivity index (χ3v) is 3.44. The molecule has 0 saturated heterocycles. The molecule has 0 aliphatic heterocycles. The highest BCUT2D eigenvalue weighted by molar-refractivity contribution is 9.09. The molecule has 112 valence electrons. The van der Waals surface area contributed by atoms with Crippen LogP contribution in [0.25, 0.3) is 0 Å². The standard InChI is InChI=1S/C15H22BrNO3/c1-4-9-15(2,19-3)14(18)17-12-5-7-13(8-6-12)20-11-10-16/h5-8H,4,9-11H2,1-3H3,(H,17,18). The summed E-state index contributed by atoms with van der Waals surface area (Å²) < 4.78 is 10.8. The van der Waals surface area contributed by atoms with Crippen LogP contribution in [0.15, 0.2) is 24.3 Å². The molecule has 5 heteroatoms. The van der Waals surface area contributed by atoms with E-state index in [9.17, 15) is 4.79 Å². The van der Waals surface area contributed by atoms with Crippen molar-refractivity contribution < 1.29 is 14.3 Å². The Morgan fingerprint density at radius 3 is 2.50 bits per heavy atom. The molecule has 4 nitrogen and oxygen atoms in total. The molecule has 1 unspecified atom stereocenters. The zero-order chi connectivity index (χ0) is 15.0. The SMILES string of the molecule is CCCC(C)(OC)C(=O)Nc1ccc(OCCBr)cc1. The largest absolute Gasteiger partial charge is 0.493 e. The predicted octanol–water partition coefficient (Wildman–Crippen LogP) is 3.60. The second-order valence-corrected chi connectivity index (χ2v) is 5.49. The van der Waals surface area contributed by atoms with Gasteiger partial charge in [-0.05, 0) is 37.6 Å². The topological polar surface area (TPSA) is 47.6 Å². The third kappa shape index (κ3) is 4.80. The van der Waals surface area contributed by atoms with Gasteiger partial charge in [-0.25, -0.2) is 0 Å². The number of carbonyl (C=O) groups excluding carboxylic acids is 1. The van der Waals surface area contributed by atoms with Gasteiger partial charge in [0.15, 0.2) is 0 Å². The van der Waals surface area contributed by atoms with Crippen LogP contribution in [0, 0.1) is 0 Å². The van der Waals surface area contributed by atoms with E-state index in [2.05, 4.69) is 21.2 Å². The van der Waals surface area contributed by atoms with Crippen molar-refractivity contribution in [3.63, 3.8) is 0 Å². The number of halogens is 1. The summed E-state index contributed by atoms with van der Waals surface area (Å²) in [5.41, 5.74) is -0.0551. The third-order valence-electron chi connectivity index (χ3n) is 3.12. The van der Waals surface area contributed by atoms with E-state index in [1.807, 2.05) is 31.2 Å². The fourth-order valence-corrected chi connectivity index (χ4v) is 2.00. The maximum absolute atomic E-state index is 12.2. The van der Waals surface area contributed by atoms with E-state index < -0.39 is 5.60 Å². The highest BCUT2D eigenvalue weighted by Crippen LogP contribution is 2.21. The lowest BCUT2D eigenvalue weighted by atomic mass is 9.99. The summed E-state index contributed by atoms with van der Waals surface area (Å²) in [5, 5.41) is 3.66. The monoisotopic (exact) mass is 343 g/mol. The number of carbonyl (C=O) groups is 1. The van der Waals surface area contributed by atoms with E-state index in [1.165, 1.54) is 0 Å². The van der Waals surface area contributed by atoms with Gasteiger partial charge in [0.2, 0.25) is 0 Å². The van der Waals surface area contributed by atoms with Crippen molar-refractivity contribution in [2.24, 2.45) is 0 Å². The summed E-state index contributed by atoms with van der Waals surface area (Å²) in [6, 6.07) is 7.32. The molecule has 0 radical (unpaired) electrons. The Labute approximate surface area is 129 Å². The first-order valence-corrected chi connectivity index (χ1v) is 7.83. The van der Waals surface area contributed by atoms with Gasteiger partial charge in [-0.2, -0.15) is 0 Å². The number of hydrogen-bond donors (Lipinski definition) is 1. The number of hydrogen-bond acceptors (Lipinski definition) is 3. The van der Waals surface area contributed by atoms with Gasteiger partial charge in [-0.15, -0.1) is 0 Å². The quantitative estimate of drug-likeness (QED) is 0.733. The number of amides is 1. The van der Waals surface area contributed by atoms with E-state index in [1.54, 1.807) is 14.0 Å². The van der Waals surface area contributed by atoms with Gasteiger partial charge >= 0.3 is 0 Å². The van der Waals surface area contributed by atoms with Crippen LogP contribution in [-0.4, -0.2) is 30.6 Å². The van der Waals surface area contributed by atoms with Crippen LogP contribution in [0.2, 0.25) is 0 Å². The predicted molar refractivity (Wildman–Crippen MR) is 84.7 cm³/mol. The Morgan fingerprint density at radius 1 is 1.35 bits per heavy atom. The fourth-order valence-electron chi connectivity index (χ4n) is 1.84. The Hall–Kier alpha value is -1.07. The van der Waals surface area contributed by atoms with E-state index in [4.69, 9.17) is 9.47 Å². The number of benzene rings is 1. The molecule has 1 atom stereocenters. The maximum Gasteiger partial charge on any atom is 0.256 e. The molecule has 1 rings (SSSR count). The summed E-state index contributed by atoms with van der Waals surface area (Å²) in [5.74, 6) is 0.654. The Bertz CT molecular complexity index is 422. The minimum atomic E-state index is -0.792. The summed E-state index contributed by atoms with van der Waals surface area (Å²) in [6.07, 6.45) is 1.57. The molecule has 1 aromatic rings. The van der Waals surface area contributed by atoms with E-state index in [0.29, 0.717) is 13.0 Å². The van der Waals surface area contributed by atoms with Gasteiger partial charge in [-0.1, -0.05) is 29.3 Å². The second-order valence-electron chi connectivity index (χ2n) is 4.70. The Balaban J connectivity index is 2.65. The van der Waals surface area contributed by atoms with Gasteiger partial charge < -0.3 is 14.8 Å². The molecule has 1 amide bonds. The first-order valence-electron chi connectivity index (χ1n) is 6.71. The number of anilines is 1. The number of rotatable bonds is 8. The summed E-state index contributed by atoms with van der Waals surface area (Å²) in [4.78, 5) is 12.2. The minimum absolute atomic E-state index is 0.129. The zero-order valence-corrected chi connectivity index (χ0v) is 13.8. The molecule has 0 heterocycles. The molecule has 0 spiro atoms. The van der Waals surface area contributed by atoms with Crippen molar-refractivity contribution in [2.75, 3.05) is 24.4 Å². The number of ether oxygens (including phenoxy) is 2. The summed E-state index contributed by atoms with van der Waals surface area (Å²) in [6.45, 7) is 4.45. The van der Waals surface area contributed by atoms with Crippen molar-refractivity contribution >= 4 is 27.5 Å². The molecule has 1 aromatic carbocycles.